The standard InChI is InChI=1S/C32H34ClN5O5S/c1-32(11-12-32)23-43-30-29(20-35-38(31(30)39)27-9-5-7-25(33)19-27)36-14-16-37(17-15-36)44(40,41)22-24-6-4-10-28(18-24)42-21-26-8-2-3-13-34-26/h2-10,13,18-20H,11-12,14-17,21-23H2,1H3. The third-order valence-electron chi connectivity index (χ3n) is 7.97. The summed E-state index contributed by atoms with van der Waals surface area (Å²) < 4.78 is 41.6. The lowest BCUT2D eigenvalue weighted by atomic mass is 10.2. The van der Waals surface area contributed by atoms with E-state index in [1.165, 1.54) is 8.99 Å². The monoisotopic (exact) mass is 635 g/mol. The number of rotatable bonds is 11. The summed E-state index contributed by atoms with van der Waals surface area (Å²) in [6.45, 7) is 4.18. The summed E-state index contributed by atoms with van der Waals surface area (Å²) in [5, 5.41) is 4.92. The van der Waals surface area contributed by atoms with Crippen LogP contribution in [0.4, 0.5) is 5.69 Å². The van der Waals surface area contributed by atoms with Gasteiger partial charge in [0.15, 0.2) is 0 Å². The summed E-state index contributed by atoms with van der Waals surface area (Å²) in [7, 11) is -3.60. The molecule has 2 fully saturated rings. The second-order valence-electron chi connectivity index (χ2n) is 11.6. The van der Waals surface area contributed by atoms with E-state index in [0.717, 1.165) is 18.5 Å². The Bertz CT molecular complexity index is 1790. The molecule has 3 heterocycles. The van der Waals surface area contributed by atoms with E-state index in [4.69, 9.17) is 21.1 Å². The van der Waals surface area contributed by atoms with Crippen LogP contribution in [0.25, 0.3) is 5.69 Å². The maximum Gasteiger partial charge on any atom is 0.316 e. The van der Waals surface area contributed by atoms with Crippen molar-refractivity contribution in [2.75, 3.05) is 37.7 Å². The van der Waals surface area contributed by atoms with E-state index >= 15 is 0 Å². The number of anilines is 1. The van der Waals surface area contributed by atoms with E-state index in [0.29, 0.717) is 54.0 Å². The van der Waals surface area contributed by atoms with E-state index in [2.05, 4.69) is 17.0 Å². The van der Waals surface area contributed by atoms with E-state index in [1.807, 2.05) is 23.1 Å². The molecule has 6 rings (SSSR count). The molecule has 4 aromatic rings. The van der Waals surface area contributed by atoms with Crippen LogP contribution in [0.15, 0.2) is 83.9 Å². The van der Waals surface area contributed by atoms with Crippen molar-refractivity contribution in [3.63, 3.8) is 0 Å². The number of aromatic nitrogens is 3. The predicted octanol–water partition coefficient (Wildman–Crippen LogP) is 4.69. The van der Waals surface area contributed by atoms with Crippen LogP contribution in [0.1, 0.15) is 31.0 Å². The fraction of sp³-hybridized carbons (Fsp3) is 0.344. The average molecular weight is 636 g/mol. The Morgan fingerprint density at radius 3 is 2.48 bits per heavy atom. The van der Waals surface area contributed by atoms with Gasteiger partial charge in [0.25, 0.3) is 0 Å². The zero-order valence-electron chi connectivity index (χ0n) is 24.4. The largest absolute Gasteiger partial charge is 0.487 e. The van der Waals surface area contributed by atoms with Crippen molar-refractivity contribution in [1.82, 2.24) is 19.1 Å². The smallest absolute Gasteiger partial charge is 0.316 e. The van der Waals surface area contributed by atoms with Gasteiger partial charge in [-0.25, -0.2) is 8.42 Å². The van der Waals surface area contributed by atoms with Crippen LogP contribution in [0.5, 0.6) is 11.5 Å². The maximum atomic E-state index is 13.6. The summed E-state index contributed by atoms with van der Waals surface area (Å²) in [4.78, 5) is 19.9. The second-order valence-corrected chi connectivity index (χ2v) is 14.0. The van der Waals surface area contributed by atoms with Crippen molar-refractivity contribution >= 4 is 27.3 Å². The third kappa shape index (κ3) is 7.06. The van der Waals surface area contributed by atoms with Gasteiger partial charge in [-0.05, 0) is 60.9 Å². The van der Waals surface area contributed by atoms with Gasteiger partial charge in [-0.1, -0.05) is 42.8 Å². The lowest BCUT2D eigenvalue weighted by molar-refractivity contribution is 0.242. The molecule has 44 heavy (non-hydrogen) atoms. The van der Waals surface area contributed by atoms with Gasteiger partial charge in [0.05, 0.1) is 29.9 Å². The number of benzene rings is 2. The average Bonchev–Trinajstić information content (AvgIpc) is 3.77. The molecule has 1 aliphatic carbocycles. The van der Waals surface area contributed by atoms with Crippen molar-refractivity contribution in [1.29, 1.82) is 0 Å². The van der Waals surface area contributed by atoms with E-state index < -0.39 is 10.0 Å². The summed E-state index contributed by atoms with van der Waals surface area (Å²) >= 11 is 6.17. The molecule has 0 N–H and O–H groups in total. The number of ether oxygens (including phenoxy) is 2. The van der Waals surface area contributed by atoms with Crippen molar-refractivity contribution in [3.8, 4) is 17.2 Å². The Labute approximate surface area is 261 Å². The van der Waals surface area contributed by atoms with Gasteiger partial charge < -0.3 is 14.4 Å². The van der Waals surface area contributed by atoms with Gasteiger partial charge in [0.2, 0.25) is 15.8 Å². The summed E-state index contributed by atoms with van der Waals surface area (Å²) in [5.74, 6) is 0.658. The SMILES string of the molecule is CC1(COc2c(N3CCN(S(=O)(=O)Cc4cccc(OCc5ccccn5)c4)CC3)cnn(-c3cccc(Cl)c3)c2=O)CC1. The van der Waals surface area contributed by atoms with Crippen LogP contribution in [0.2, 0.25) is 5.02 Å². The molecule has 1 saturated carbocycles. The number of pyridine rings is 1. The molecule has 0 spiro atoms. The van der Waals surface area contributed by atoms with Crippen molar-refractivity contribution in [2.45, 2.75) is 32.1 Å². The molecule has 0 unspecified atom stereocenters. The number of nitrogens with zero attached hydrogens (tertiary/aromatic N) is 5. The summed E-state index contributed by atoms with van der Waals surface area (Å²) in [6, 6.07) is 19.7. The number of hydrogen-bond donors (Lipinski definition) is 0. The Balaban J connectivity index is 1.14. The minimum atomic E-state index is -3.60. The van der Waals surface area contributed by atoms with Gasteiger partial charge in [-0.3, -0.25) is 9.78 Å². The topological polar surface area (TPSA) is 107 Å². The molecule has 0 atom stereocenters. The number of sulfonamides is 1. The molecule has 2 aromatic heterocycles. The summed E-state index contributed by atoms with van der Waals surface area (Å²) in [5.41, 5.74) is 2.21. The number of hydrogen-bond acceptors (Lipinski definition) is 8. The van der Waals surface area contributed by atoms with Crippen molar-refractivity contribution in [2.24, 2.45) is 5.41 Å². The molecule has 2 aromatic carbocycles. The lowest BCUT2D eigenvalue weighted by Crippen LogP contribution is -2.49. The van der Waals surface area contributed by atoms with Crippen molar-refractivity contribution in [3.05, 3.63) is 106 Å². The maximum absolute atomic E-state index is 13.6. The molecular formula is C32H34ClN5O5S. The van der Waals surface area contributed by atoms with Gasteiger partial charge >= 0.3 is 5.56 Å². The molecule has 0 radical (unpaired) electrons. The first kappa shape index (κ1) is 30.1. The van der Waals surface area contributed by atoms with Gasteiger partial charge in [-0.15, -0.1) is 0 Å². The molecular weight excluding hydrogens is 602 g/mol. The normalized spacial score (nSPS) is 16.5. The molecule has 230 valence electrons. The summed E-state index contributed by atoms with van der Waals surface area (Å²) in [6.07, 6.45) is 5.42. The lowest BCUT2D eigenvalue weighted by Gasteiger charge is -2.35. The van der Waals surface area contributed by atoms with Crippen LogP contribution in [0.3, 0.4) is 0 Å². The van der Waals surface area contributed by atoms with Crippen LogP contribution in [0, 0.1) is 5.41 Å². The zero-order valence-corrected chi connectivity index (χ0v) is 26.0. The Morgan fingerprint density at radius 1 is 0.955 bits per heavy atom. The highest BCUT2D eigenvalue weighted by Gasteiger charge is 2.39. The first-order valence-electron chi connectivity index (χ1n) is 14.5. The molecule has 12 heteroatoms. The minimum Gasteiger partial charge on any atom is -0.487 e. The van der Waals surface area contributed by atoms with Crippen LogP contribution < -0.4 is 19.9 Å². The fourth-order valence-corrected chi connectivity index (χ4v) is 6.75. The van der Waals surface area contributed by atoms with Crippen LogP contribution in [-0.4, -0.2) is 60.3 Å². The quantitative estimate of drug-likeness (QED) is 0.234. The molecule has 0 bridgehead atoms. The number of piperazine rings is 1. The molecule has 1 saturated heterocycles. The Kier molecular flexibility index (Phi) is 8.61. The molecule has 0 amide bonds. The highest BCUT2D eigenvalue weighted by Crippen LogP contribution is 2.45. The van der Waals surface area contributed by atoms with Crippen LogP contribution in [-0.2, 0) is 22.4 Å². The van der Waals surface area contributed by atoms with Gasteiger partial charge in [0.1, 0.15) is 18.0 Å². The predicted molar refractivity (Wildman–Crippen MR) is 169 cm³/mol. The number of halogens is 1. The zero-order chi connectivity index (χ0) is 30.7. The first-order chi connectivity index (χ1) is 21.2. The van der Waals surface area contributed by atoms with E-state index in [9.17, 15) is 13.2 Å². The minimum absolute atomic E-state index is 0.0570. The molecule has 10 nitrogen and oxygen atoms in total. The second kappa shape index (κ2) is 12.6. The van der Waals surface area contributed by atoms with E-state index in [1.54, 1.807) is 60.9 Å². The Hall–Kier alpha value is -3.93. The van der Waals surface area contributed by atoms with Crippen LogP contribution >= 0.6 is 11.6 Å². The molecule has 1 aliphatic heterocycles. The fourth-order valence-electron chi connectivity index (χ4n) is 5.06. The Morgan fingerprint density at radius 2 is 1.75 bits per heavy atom. The van der Waals surface area contributed by atoms with Crippen molar-refractivity contribution < 1.29 is 17.9 Å². The van der Waals surface area contributed by atoms with Gasteiger partial charge in [0, 0.05) is 42.8 Å². The molecule has 2 aliphatic rings. The third-order valence-corrected chi connectivity index (χ3v) is 10.1. The first-order valence-corrected chi connectivity index (χ1v) is 16.5. The highest BCUT2D eigenvalue weighted by atomic mass is 35.5. The highest BCUT2D eigenvalue weighted by molar-refractivity contribution is 7.88. The van der Waals surface area contributed by atoms with Gasteiger partial charge in [-0.2, -0.15) is 14.1 Å². The van der Waals surface area contributed by atoms with E-state index in [-0.39, 0.29) is 35.6 Å².